The van der Waals surface area contributed by atoms with Crippen molar-refractivity contribution in [1.29, 1.82) is 0 Å². The lowest BCUT2D eigenvalue weighted by molar-refractivity contribution is -0.113. The average Bonchev–Trinajstić information content (AvgIpc) is 3.26. The second-order valence-corrected chi connectivity index (χ2v) is 7.88. The number of rotatable bonds is 6. The predicted molar refractivity (Wildman–Crippen MR) is 100 cm³/mol. The van der Waals surface area contributed by atoms with Crippen molar-refractivity contribution in [2.75, 3.05) is 11.1 Å². The van der Waals surface area contributed by atoms with Gasteiger partial charge in [-0.25, -0.2) is 9.97 Å². The highest BCUT2D eigenvalue weighted by molar-refractivity contribution is 7.99. The molecule has 0 radical (unpaired) electrons. The molecule has 6 nitrogen and oxygen atoms in total. The summed E-state index contributed by atoms with van der Waals surface area (Å²) in [5.41, 5.74) is 0.687. The number of aromatic nitrogens is 4. The number of thioether (sulfide) groups is 1. The van der Waals surface area contributed by atoms with Crippen molar-refractivity contribution < 1.29 is 4.79 Å². The van der Waals surface area contributed by atoms with E-state index in [4.69, 9.17) is 23.2 Å². The van der Waals surface area contributed by atoms with Crippen LogP contribution in [0.1, 0.15) is 37.1 Å². The summed E-state index contributed by atoms with van der Waals surface area (Å²) in [6, 6.07) is 0. The Balaban J connectivity index is 1.51. The molecule has 9 heteroatoms. The molecule has 3 rings (SSSR count). The Hall–Kier alpha value is -1.31. The third-order valence-corrected chi connectivity index (χ3v) is 5.95. The molecule has 0 aliphatic heterocycles. The number of anilines is 1. The topological polar surface area (TPSA) is 83.6 Å². The van der Waals surface area contributed by atoms with Crippen LogP contribution in [0, 0.1) is 12.8 Å². The summed E-state index contributed by atoms with van der Waals surface area (Å²) >= 11 is 13.4. The standard InChI is InChI=1S/C16H19Cl2N5OS/c1-9-11(17)7-19-15(14(9)18)21-13(24)8-25-16-20-12(22-23-16)6-10-4-2-3-5-10/h7,10H,2-6,8H2,1H3,(H,19,21,24)(H,20,22,23). The summed E-state index contributed by atoms with van der Waals surface area (Å²) in [6.07, 6.45) is 7.54. The molecule has 0 unspecified atom stereocenters. The Morgan fingerprint density at radius 1 is 1.40 bits per heavy atom. The first-order valence-corrected chi connectivity index (χ1v) is 9.91. The number of halogens is 2. The second kappa shape index (κ2) is 8.38. The fourth-order valence-electron chi connectivity index (χ4n) is 2.86. The first-order chi connectivity index (χ1) is 12.0. The van der Waals surface area contributed by atoms with Crippen LogP contribution in [0.5, 0.6) is 0 Å². The molecule has 1 aliphatic rings. The van der Waals surface area contributed by atoms with Gasteiger partial charge in [-0.2, -0.15) is 0 Å². The smallest absolute Gasteiger partial charge is 0.236 e. The SMILES string of the molecule is Cc1c(Cl)cnc(NC(=O)CSc2n[nH]c(CC3CCCC3)n2)c1Cl. The molecule has 1 fully saturated rings. The van der Waals surface area contributed by atoms with E-state index in [0.717, 1.165) is 12.2 Å². The zero-order chi connectivity index (χ0) is 17.8. The van der Waals surface area contributed by atoms with Gasteiger partial charge in [-0.1, -0.05) is 60.6 Å². The van der Waals surface area contributed by atoms with Crippen molar-refractivity contribution in [3.8, 4) is 0 Å². The summed E-state index contributed by atoms with van der Waals surface area (Å²) < 4.78 is 0. The van der Waals surface area contributed by atoms with Crippen molar-refractivity contribution in [3.05, 3.63) is 27.6 Å². The lowest BCUT2D eigenvalue weighted by atomic mass is 10.0. The maximum Gasteiger partial charge on any atom is 0.236 e. The zero-order valence-corrected chi connectivity index (χ0v) is 16.1. The Kier molecular flexibility index (Phi) is 6.19. The second-order valence-electron chi connectivity index (χ2n) is 6.15. The summed E-state index contributed by atoms with van der Waals surface area (Å²) in [7, 11) is 0. The van der Waals surface area contributed by atoms with Crippen LogP contribution in [0.3, 0.4) is 0 Å². The van der Waals surface area contributed by atoms with E-state index in [1.807, 2.05) is 0 Å². The molecule has 1 aliphatic carbocycles. The van der Waals surface area contributed by atoms with Crippen LogP contribution in [0.15, 0.2) is 11.4 Å². The number of hydrogen-bond donors (Lipinski definition) is 2. The number of pyridine rings is 1. The lowest BCUT2D eigenvalue weighted by Gasteiger charge is -2.08. The molecule has 25 heavy (non-hydrogen) atoms. The molecule has 0 saturated heterocycles. The van der Waals surface area contributed by atoms with Crippen molar-refractivity contribution >= 4 is 46.7 Å². The van der Waals surface area contributed by atoms with Gasteiger partial charge in [0, 0.05) is 12.6 Å². The summed E-state index contributed by atoms with van der Waals surface area (Å²) in [5.74, 6) is 1.87. The molecular formula is C16H19Cl2N5OS. The number of carbonyl (C=O) groups is 1. The van der Waals surface area contributed by atoms with E-state index < -0.39 is 0 Å². The van der Waals surface area contributed by atoms with Gasteiger partial charge in [0.05, 0.1) is 15.8 Å². The normalized spacial score (nSPS) is 14.8. The van der Waals surface area contributed by atoms with E-state index in [1.165, 1.54) is 43.6 Å². The van der Waals surface area contributed by atoms with Gasteiger partial charge in [0.1, 0.15) is 5.82 Å². The highest BCUT2D eigenvalue weighted by Gasteiger charge is 2.18. The molecule has 1 amide bonds. The van der Waals surface area contributed by atoms with E-state index >= 15 is 0 Å². The van der Waals surface area contributed by atoms with Crippen LogP contribution < -0.4 is 5.32 Å². The van der Waals surface area contributed by atoms with Gasteiger partial charge < -0.3 is 5.32 Å². The molecule has 2 aromatic heterocycles. The van der Waals surface area contributed by atoms with Gasteiger partial charge in [0.15, 0.2) is 5.82 Å². The molecule has 0 bridgehead atoms. The third kappa shape index (κ3) is 4.86. The third-order valence-electron chi connectivity index (χ3n) is 4.26. The number of carbonyl (C=O) groups excluding carboxylic acids is 1. The van der Waals surface area contributed by atoms with Gasteiger partial charge in [-0.15, -0.1) is 5.10 Å². The van der Waals surface area contributed by atoms with Crippen LogP contribution >= 0.6 is 35.0 Å². The van der Waals surface area contributed by atoms with Crippen LogP contribution in [0.25, 0.3) is 0 Å². The number of hydrogen-bond acceptors (Lipinski definition) is 5. The Labute approximate surface area is 160 Å². The zero-order valence-electron chi connectivity index (χ0n) is 13.8. The molecule has 0 spiro atoms. The first-order valence-electron chi connectivity index (χ1n) is 8.17. The highest BCUT2D eigenvalue weighted by atomic mass is 35.5. The highest BCUT2D eigenvalue weighted by Crippen LogP contribution is 2.29. The first kappa shape index (κ1) is 18.5. The fraction of sp³-hybridized carbons (Fsp3) is 0.500. The Morgan fingerprint density at radius 3 is 2.92 bits per heavy atom. The minimum Gasteiger partial charge on any atom is -0.309 e. The van der Waals surface area contributed by atoms with Gasteiger partial charge in [0.2, 0.25) is 11.1 Å². The molecule has 2 N–H and O–H groups in total. The minimum atomic E-state index is -0.219. The molecule has 134 valence electrons. The Morgan fingerprint density at radius 2 is 2.16 bits per heavy atom. The van der Waals surface area contributed by atoms with Crippen molar-refractivity contribution in [2.45, 2.75) is 44.2 Å². The summed E-state index contributed by atoms with van der Waals surface area (Å²) in [5, 5.41) is 11.2. The monoisotopic (exact) mass is 399 g/mol. The summed E-state index contributed by atoms with van der Waals surface area (Å²) in [4.78, 5) is 20.6. The molecular weight excluding hydrogens is 381 g/mol. The largest absolute Gasteiger partial charge is 0.309 e. The average molecular weight is 400 g/mol. The molecule has 1 saturated carbocycles. The summed E-state index contributed by atoms with van der Waals surface area (Å²) in [6.45, 7) is 1.77. The fourth-order valence-corrected chi connectivity index (χ4v) is 3.87. The number of H-pyrrole nitrogens is 1. The number of amides is 1. The van der Waals surface area contributed by atoms with E-state index in [2.05, 4.69) is 25.5 Å². The number of nitrogens with zero attached hydrogens (tertiary/aromatic N) is 3. The van der Waals surface area contributed by atoms with Crippen LogP contribution in [0.4, 0.5) is 5.82 Å². The van der Waals surface area contributed by atoms with E-state index in [1.54, 1.807) is 6.92 Å². The van der Waals surface area contributed by atoms with Crippen LogP contribution in [0.2, 0.25) is 10.0 Å². The quantitative estimate of drug-likeness (QED) is 0.708. The van der Waals surface area contributed by atoms with Crippen molar-refractivity contribution in [3.63, 3.8) is 0 Å². The Bertz CT molecular complexity index is 761. The van der Waals surface area contributed by atoms with Crippen LogP contribution in [-0.2, 0) is 11.2 Å². The van der Waals surface area contributed by atoms with Gasteiger partial charge in [0.25, 0.3) is 0 Å². The van der Waals surface area contributed by atoms with E-state index in [-0.39, 0.29) is 11.7 Å². The number of nitrogens with one attached hydrogen (secondary N) is 2. The van der Waals surface area contributed by atoms with E-state index in [9.17, 15) is 4.79 Å². The molecule has 0 aromatic carbocycles. The van der Waals surface area contributed by atoms with Gasteiger partial charge in [-0.3, -0.25) is 9.89 Å². The van der Waals surface area contributed by atoms with Gasteiger partial charge in [-0.05, 0) is 18.4 Å². The maximum absolute atomic E-state index is 12.1. The number of aromatic amines is 1. The van der Waals surface area contributed by atoms with Gasteiger partial charge >= 0.3 is 0 Å². The lowest BCUT2D eigenvalue weighted by Crippen LogP contribution is -2.15. The van der Waals surface area contributed by atoms with Crippen molar-refractivity contribution in [2.24, 2.45) is 5.92 Å². The maximum atomic E-state index is 12.1. The van der Waals surface area contributed by atoms with E-state index in [0.29, 0.717) is 32.5 Å². The predicted octanol–water partition coefficient (Wildman–Crippen LogP) is 4.28. The molecule has 0 atom stereocenters. The molecule has 2 aromatic rings. The molecule has 2 heterocycles. The van der Waals surface area contributed by atoms with Crippen LogP contribution in [-0.4, -0.2) is 31.8 Å². The van der Waals surface area contributed by atoms with Crippen molar-refractivity contribution in [1.82, 2.24) is 20.2 Å². The minimum absolute atomic E-state index is 0.181.